The molecule has 0 amide bonds. The minimum Gasteiger partial charge on any atom is -0.405 e. The van der Waals surface area contributed by atoms with E-state index in [0.29, 0.717) is 5.69 Å². The molecule has 1 atom stereocenters. The van der Waals surface area contributed by atoms with Gasteiger partial charge >= 0.3 is 0 Å². The molecule has 0 aliphatic carbocycles. The van der Waals surface area contributed by atoms with Crippen LogP contribution in [0, 0.1) is 0 Å². The van der Waals surface area contributed by atoms with E-state index in [2.05, 4.69) is 21.5 Å². The van der Waals surface area contributed by atoms with Gasteiger partial charge in [-0.05, 0) is 43.0 Å². The molecule has 2 N–H and O–H groups in total. The number of nitrogens with two attached hydrogens (primary N) is 1. The summed E-state index contributed by atoms with van der Waals surface area (Å²) >= 11 is 0. The maximum atomic E-state index is 14.3. The number of allylic oxidation sites excluding steroid dienone is 1. The van der Waals surface area contributed by atoms with Crippen molar-refractivity contribution in [1.29, 1.82) is 0 Å². The number of aliphatic imine (C=N–C) groups is 2. The number of hydrogen-bond acceptors (Lipinski definition) is 3. The summed E-state index contributed by atoms with van der Waals surface area (Å²) in [5.74, 6) is -2.93. The third kappa shape index (κ3) is 5.66. The summed E-state index contributed by atoms with van der Waals surface area (Å²) in [6.07, 6.45) is 3.22. The highest BCUT2D eigenvalue weighted by Gasteiger charge is 2.26. The molecular weight excluding hydrogens is 379 g/mol. The number of hydrogen-bond donors (Lipinski definition) is 1. The van der Waals surface area contributed by atoms with Crippen LogP contribution in [0.25, 0.3) is 5.70 Å². The van der Waals surface area contributed by atoms with Gasteiger partial charge in [0.25, 0.3) is 5.92 Å². The standard InChI is InChI=1S/C21H24F3N5/c1-5-15(22)17(11-12-25)28-20(18-9-7-13-29(18)4)26-14(2)16-8-6-10-19(27-16)21(3,23)24/h6-13,15H,2,5,25H2,1,3-4H3. The van der Waals surface area contributed by atoms with E-state index in [4.69, 9.17) is 5.73 Å². The van der Waals surface area contributed by atoms with E-state index in [-0.39, 0.29) is 29.4 Å². The lowest BCUT2D eigenvalue weighted by Gasteiger charge is -2.12. The van der Waals surface area contributed by atoms with E-state index >= 15 is 0 Å². The Balaban J connectivity index is 2.56. The minimum absolute atomic E-state index is 0.101. The van der Waals surface area contributed by atoms with E-state index in [9.17, 15) is 13.2 Å². The third-order valence-electron chi connectivity index (χ3n) is 4.09. The number of nitrogens with zero attached hydrogens (tertiary/aromatic N) is 4. The molecule has 154 valence electrons. The van der Waals surface area contributed by atoms with Crippen molar-refractivity contribution in [2.75, 3.05) is 0 Å². The van der Waals surface area contributed by atoms with Crippen LogP contribution in [0.1, 0.15) is 37.4 Å². The fourth-order valence-corrected chi connectivity index (χ4v) is 2.50. The van der Waals surface area contributed by atoms with Crippen molar-refractivity contribution >= 4 is 17.2 Å². The Morgan fingerprint density at radius 1 is 1.31 bits per heavy atom. The smallest absolute Gasteiger partial charge is 0.286 e. The lowest BCUT2D eigenvalue weighted by molar-refractivity contribution is 0.0127. The van der Waals surface area contributed by atoms with Crippen molar-refractivity contribution in [2.24, 2.45) is 22.8 Å². The average Bonchev–Trinajstić information content (AvgIpc) is 3.11. The fraction of sp³-hybridized carbons (Fsp3) is 0.286. The number of amidine groups is 1. The van der Waals surface area contributed by atoms with Gasteiger partial charge in [0.1, 0.15) is 11.9 Å². The lowest BCUT2D eigenvalue weighted by Crippen LogP contribution is -2.16. The van der Waals surface area contributed by atoms with Crippen molar-refractivity contribution in [3.63, 3.8) is 0 Å². The predicted octanol–water partition coefficient (Wildman–Crippen LogP) is 4.61. The van der Waals surface area contributed by atoms with Gasteiger partial charge < -0.3 is 10.3 Å². The zero-order valence-corrected chi connectivity index (χ0v) is 16.6. The highest BCUT2D eigenvalue weighted by Crippen LogP contribution is 2.26. The Morgan fingerprint density at radius 2 is 2.03 bits per heavy atom. The monoisotopic (exact) mass is 403 g/mol. The van der Waals surface area contributed by atoms with Crippen molar-refractivity contribution in [3.8, 4) is 0 Å². The second-order valence-corrected chi connectivity index (χ2v) is 6.45. The Labute approximate surface area is 168 Å². The molecule has 1 unspecified atom stereocenters. The SMILES string of the molecule is C=C(N=C(N=C(C=CN)C(F)CC)c1cccn1C)c1cccc(C(C)(F)F)n1. The lowest BCUT2D eigenvalue weighted by atomic mass is 10.2. The van der Waals surface area contributed by atoms with Crippen molar-refractivity contribution in [1.82, 2.24) is 9.55 Å². The zero-order valence-electron chi connectivity index (χ0n) is 16.6. The van der Waals surface area contributed by atoms with Crippen molar-refractivity contribution < 1.29 is 13.2 Å². The van der Waals surface area contributed by atoms with Gasteiger partial charge in [-0.3, -0.25) is 0 Å². The van der Waals surface area contributed by atoms with Crippen LogP contribution < -0.4 is 5.73 Å². The molecule has 2 rings (SSSR count). The van der Waals surface area contributed by atoms with Crippen LogP contribution in [-0.4, -0.2) is 27.3 Å². The van der Waals surface area contributed by atoms with Crippen LogP contribution in [0.15, 0.2) is 65.4 Å². The zero-order chi connectivity index (χ0) is 21.6. The van der Waals surface area contributed by atoms with Crippen molar-refractivity contribution in [3.05, 3.63) is 72.5 Å². The van der Waals surface area contributed by atoms with Gasteiger partial charge in [0, 0.05) is 20.2 Å². The van der Waals surface area contributed by atoms with E-state index in [1.807, 2.05) is 0 Å². The van der Waals surface area contributed by atoms with Gasteiger partial charge in [-0.1, -0.05) is 19.6 Å². The van der Waals surface area contributed by atoms with Gasteiger partial charge in [0.2, 0.25) is 0 Å². The maximum Gasteiger partial charge on any atom is 0.286 e. The van der Waals surface area contributed by atoms with Gasteiger partial charge in [0.05, 0.1) is 22.8 Å². The first-order valence-electron chi connectivity index (χ1n) is 9.03. The average molecular weight is 403 g/mol. The molecule has 0 aromatic carbocycles. The number of aryl methyl sites for hydroxylation is 1. The molecule has 8 heteroatoms. The molecule has 0 aliphatic heterocycles. The van der Waals surface area contributed by atoms with Crippen LogP contribution in [-0.2, 0) is 13.0 Å². The molecule has 29 heavy (non-hydrogen) atoms. The minimum atomic E-state index is -3.10. The topological polar surface area (TPSA) is 68.6 Å². The van der Waals surface area contributed by atoms with Crippen molar-refractivity contribution in [2.45, 2.75) is 32.4 Å². The Hall–Kier alpha value is -3.16. The van der Waals surface area contributed by atoms with Crippen LogP contribution in [0.2, 0.25) is 0 Å². The second-order valence-electron chi connectivity index (χ2n) is 6.45. The normalized spacial score (nSPS) is 14.4. The van der Waals surface area contributed by atoms with Crippen LogP contribution in [0.5, 0.6) is 0 Å². The summed E-state index contributed by atoms with van der Waals surface area (Å²) in [4.78, 5) is 12.7. The van der Waals surface area contributed by atoms with Gasteiger partial charge in [-0.15, -0.1) is 0 Å². The molecule has 0 spiro atoms. The number of alkyl halides is 3. The Kier molecular flexibility index (Phi) is 7.14. The van der Waals surface area contributed by atoms with Crippen LogP contribution in [0.3, 0.4) is 0 Å². The highest BCUT2D eigenvalue weighted by molar-refractivity contribution is 6.12. The number of pyridine rings is 1. The van der Waals surface area contributed by atoms with E-state index in [1.165, 1.54) is 30.5 Å². The van der Waals surface area contributed by atoms with E-state index in [0.717, 1.165) is 6.92 Å². The Morgan fingerprint density at radius 3 is 2.59 bits per heavy atom. The predicted molar refractivity (Wildman–Crippen MR) is 111 cm³/mol. The van der Waals surface area contributed by atoms with Crippen LogP contribution >= 0.6 is 0 Å². The van der Waals surface area contributed by atoms with Gasteiger partial charge in [-0.25, -0.2) is 19.4 Å². The summed E-state index contributed by atoms with van der Waals surface area (Å²) in [5.41, 5.74) is 6.03. The largest absolute Gasteiger partial charge is 0.405 e. The summed E-state index contributed by atoms with van der Waals surface area (Å²) < 4.78 is 43.3. The first kappa shape index (κ1) is 22.1. The summed E-state index contributed by atoms with van der Waals surface area (Å²) in [6.45, 7) is 6.29. The molecule has 2 aromatic rings. The Bertz CT molecular complexity index is 951. The number of rotatable bonds is 7. The summed E-state index contributed by atoms with van der Waals surface area (Å²) in [6, 6.07) is 7.75. The molecular formula is C21H24F3N5. The van der Waals surface area contributed by atoms with E-state index in [1.54, 1.807) is 36.9 Å². The van der Waals surface area contributed by atoms with E-state index < -0.39 is 17.8 Å². The molecule has 0 bridgehead atoms. The summed E-state index contributed by atoms with van der Waals surface area (Å²) in [7, 11) is 1.78. The quantitative estimate of drug-likeness (QED) is 0.542. The second kappa shape index (κ2) is 9.36. The third-order valence-corrected chi connectivity index (χ3v) is 4.09. The molecule has 0 saturated heterocycles. The molecule has 0 radical (unpaired) electrons. The fourth-order valence-electron chi connectivity index (χ4n) is 2.50. The maximum absolute atomic E-state index is 14.3. The molecule has 0 saturated carbocycles. The molecule has 0 fully saturated rings. The van der Waals surface area contributed by atoms with Gasteiger partial charge in [0.15, 0.2) is 5.84 Å². The molecule has 2 heterocycles. The van der Waals surface area contributed by atoms with Gasteiger partial charge in [-0.2, -0.15) is 8.78 Å². The van der Waals surface area contributed by atoms with Crippen LogP contribution in [0.4, 0.5) is 13.2 Å². The highest BCUT2D eigenvalue weighted by atomic mass is 19.3. The molecule has 5 nitrogen and oxygen atoms in total. The number of halogens is 3. The number of aromatic nitrogens is 2. The molecule has 0 aliphatic rings. The first-order chi connectivity index (χ1) is 13.7. The molecule has 2 aromatic heterocycles. The first-order valence-corrected chi connectivity index (χ1v) is 9.03. The summed E-state index contributed by atoms with van der Waals surface area (Å²) in [5, 5.41) is 0.